The minimum absolute atomic E-state index is 0. The molecule has 1 radical (unpaired) electrons. The van der Waals surface area contributed by atoms with E-state index < -0.39 is 6.16 Å². The van der Waals surface area contributed by atoms with Crippen molar-refractivity contribution in [3.8, 4) is 0 Å². The fraction of sp³-hybridized carbons (Fsp3) is 0. The van der Waals surface area contributed by atoms with Gasteiger partial charge in [0, 0.05) is 16.8 Å². The fourth-order valence-electron chi connectivity index (χ4n) is 0. The van der Waals surface area contributed by atoms with Crippen molar-refractivity contribution in [2.45, 2.75) is 0 Å². The fourth-order valence-corrected chi connectivity index (χ4v) is 0. The normalized spacial score (nSPS) is 3.43. The molecule has 0 aliphatic rings. The molecule has 0 amide bonds. The molecule has 0 aliphatic carbocycles. The van der Waals surface area contributed by atoms with E-state index in [-0.39, 0.29) is 27.7 Å². The summed E-state index contributed by atoms with van der Waals surface area (Å²) in [6, 6.07) is 0. The summed E-state index contributed by atoms with van der Waals surface area (Å²) in [6.45, 7) is 0. The van der Waals surface area contributed by atoms with Gasteiger partial charge in [-0.3, -0.25) is 0 Å². The molecule has 0 aromatic carbocycles. The molecule has 5 nitrogen and oxygen atoms in total. The van der Waals surface area contributed by atoms with Gasteiger partial charge in [-0.1, -0.05) is 0 Å². The van der Waals surface area contributed by atoms with Crippen molar-refractivity contribution in [1.82, 2.24) is 0 Å². The molecule has 0 saturated carbocycles. The third kappa shape index (κ3) is 845. The predicted molar refractivity (Wildman–Crippen MR) is 17.9 cm³/mol. The molecule has 0 bridgehead atoms. The first-order chi connectivity index (χ1) is 1.73. The van der Waals surface area contributed by atoms with Gasteiger partial charge in [0.1, 0.15) is 0 Å². The zero-order valence-corrected chi connectivity index (χ0v) is 4.18. The summed E-state index contributed by atoms with van der Waals surface area (Å²) in [5.74, 6) is 0. The first-order valence-corrected chi connectivity index (χ1v) is 0.651. The van der Waals surface area contributed by atoms with Gasteiger partial charge in [0.25, 0.3) is 0 Å². The number of hydrogen-bond donors (Lipinski definition) is 2. The molecule has 7 heavy (non-hydrogen) atoms. The molecule has 0 saturated heterocycles. The quantitative estimate of drug-likeness (QED) is 0.448. The van der Waals surface area contributed by atoms with Gasteiger partial charge in [0.2, 0.25) is 0 Å². The monoisotopic (exact) mass is 157 g/mol. The van der Waals surface area contributed by atoms with Crippen LogP contribution in [0.3, 0.4) is 0 Å². The minimum Gasteiger partial charge on any atom is -0.450 e. The summed E-state index contributed by atoms with van der Waals surface area (Å²) in [7, 11) is 0. The van der Waals surface area contributed by atoms with Gasteiger partial charge in [0.05, 0.1) is 0 Å². The van der Waals surface area contributed by atoms with Crippen molar-refractivity contribution < 1.29 is 42.7 Å². The molecule has 0 rings (SSSR count). The molecule has 0 unspecified atom stereocenters. The second kappa shape index (κ2) is 17.3. The maximum absolute atomic E-state index is 8.56. The Labute approximate surface area is 49.8 Å². The summed E-state index contributed by atoms with van der Waals surface area (Å²) in [5.41, 5.74) is 0. The topological polar surface area (TPSA) is 121 Å². The van der Waals surface area contributed by atoms with E-state index in [1.54, 1.807) is 0 Å². The standard InChI is InChI=1S/CH2O3.Co.2H2O/c2-1(3)4;;;/h(H2,2,3,4);;2*1H2. The van der Waals surface area contributed by atoms with Crippen LogP contribution < -0.4 is 0 Å². The van der Waals surface area contributed by atoms with E-state index in [9.17, 15) is 0 Å². The molecule has 0 aliphatic heterocycles. The molecule has 49 valence electrons. The van der Waals surface area contributed by atoms with Crippen LogP contribution in [0.2, 0.25) is 0 Å². The largest absolute Gasteiger partial charge is 0.503 e. The number of rotatable bonds is 0. The first kappa shape index (κ1) is 29.9. The average Bonchev–Trinajstić information content (AvgIpc) is 0.811. The van der Waals surface area contributed by atoms with Gasteiger partial charge in [-0.05, 0) is 0 Å². The molecule has 0 fully saturated rings. The third-order valence-corrected chi connectivity index (χ3v) is 0. The molecule has 0 atom stereocenters. The van der Waals surface area contributed by atoms with Crippen LogP contribution in [0.15, 0.2) is 0 Å². The zero-order chi connectivity index (χ0) is 3.58. The van der Waals surface area contributed by atoms with Gasteiger partial charge in [0.15, 0.2) is 0 Å². The van der Waals surface area contributed by atoms with Crippen molar-refractivity contribution in [3.63, 3.8) is 0 Å². The van der Waals surface area contributed by atoms with E-state index in [0.29, 0.717) is 0 Å². The molecule has 0 aromatic rings. The summed E-state index contributed by atoms with van der Waals surface area (Å²) < 4.78 is 0. The van der Waals surface area contributed by atoms with E-state index in [1.807, 2.05) is 0 Å². The van der Waals surface area contributed by atoms with E-state index in [2.05, 4.69) is 0 Å². The van der Waals surface area contributed by atoms with E-state index in [0.717, 1.165) is 0 Å². The molecule has 0 spiro atoms. The summed E-state index contributed by atoms with van der Waals surface area (Å²) >= 11 is 0. The van der Waals surface area contributed by atoms with Crippen molar-refractivity contribution in [1.29, 1.82) is 0 Å². The average molecular weight is 157 g/mol. The van der Waals surface area contributed by atoms with Crippen molar-refractivity contribution >= 4 is 6.16 Å². The molecule has 6 N–H and O–H groups in total. The van der Waals surface area contributed by atoms with Gasteiger partial charge in [-0.25, -0.2) is 4.79 Å². The van der Waals surface area contributed by atoms with Crippen LogP contribution in [0.1, 0.15) is 0 Å². The molecular weight excluding hydrogens is 151 g/mol. The van der Waals surface area contributed by atoms with Crippen molar-refractivity contribution in [2.24, 2.45) is 0 Å². The van der Waals surface area contributed by atoms with Gasteiger partial charge < -0.3 is 21.2 Å². The third-order valence-electron chi connectivity index (χ3n) is 0. The zero-order valence-electron chi connectivity index (χ0n) is 3.14. The van der Waals surface area contributed by atoms with Crippen LogP contribution in [0.25, 0.3) is 0 Å². The minimum atomic E-state index is -1.83. The predicted octanol–water partition coefficient (Wildman–Crippen LogP) is -1.43. The van der Waals surface area contributed by atoms with Crippen LogP contribution in [0, 0.1) is 0 Å². The Bertz CT molecular complexity index is 31.1. The van der Waals surface area contributed by atoms with Crippen LogP contribution >= 0.6 is 0 Å². The number of hydrogen-bond acceptors (Lipinski definition) is 1. The number of carboxylic acid groups (broad SMARTS) is 2. The van der Waals surface area contributed by atoms with Gasteiger partial charge >= 0.3 is 6.16 Å². The Kier molecular flexibility index (Phi) is 73.8. The summed E-state index contributed by atoms with van der Waals surface area (Å²) in [5, 5.41) is 13.9. The second-order valence-electron chi connectivity index (χ2n) is 0.283. The summed E-state index contributed by atoms with van der Waals surface area (Å²) in [4.78, 5) is 8.56. The first-order valence-electron chi connectivity index (χ1n) is 0.651. The second-order valence-corrected chi connectivity index (χ2v) is 0.283. The van der Waals surface area contributed by atoms with E-state index in [4.69, 9.17) is 15.0 Å². The Morgan fingerprint density at radius 3 is 1.14 bits per heavy atom. The molecule has 0 aromatic heterocycles. The van der Waals surface area contributed by atoms with Crippen molar-refractivity contribution in [3.05, 3.63) is 0 Å². The van der Waals surface area contributed by atoms with Gasteiger partial charge in [-0.15, -0.1) is 0 Å². The number of carbonyl (C=O) groups is 1. The molecule has 0 heterocycles. The van der Waals surface area contributed by atoms with Crippen LogP contribution in [-0.2, 0) is 16.8 Å². The molecule has 6 heteroatoms. The van der Waals surface area contributed by atoms with Crippen LogP contribution in [0.4, 0.5) is 4.79 Å². The van der Waals surface area contributed by atoms with E-state index in [1.165, 1.54) is 0 Å². The molecular formula is CH6CoO5. The Hall–Kier alpha value is -0.304. The van der Waals surface area contributed by atoms with E-state index >= 15 is 0 Å². The Morgan fingerprint density at radius 1 is 1.14 bits per heavy atom. The maximum atomic E-state index is 8.56. The van der Waals surface area contributed by atoms with Gasteiger partial charge in [-0.2, -0.15) is 0 Å². The van der Waals surface area contributed by atoms with Crippen molar-refractivity contribution in [2.75, 3.05) is 0 Å². The maximum Gasteiger partial charge on any atom is 0.503 e. The Balaban J connectivity index is -0.0000000150. The van der Waals surface area contributed by atoms with Crippen LogP contribution in [0.5, 0.6) is 0 Å². The SMILES string of the molecule is O.O.O=C(O)O.[Co]. The summed E-state index contributed by atoms with van der Waals surface area (Å²) in [6.07, 6.45) is -1.83. The Morgan fingerprint density at radius 2 is 1.14 bits per heavy atom. The smallest absolute Gasteiger partial charge is 0.450 e. The van der Waals surface area contributed by atoms with Crippen LogP contribution in [-0.4, -0.2) is 27.3 Å².